The van der Waals surface area contributed by atoms with Gasteiger partial charge in [-0.1, -0.05) is 0 Å². The van der Waals surface area contributed by atoms with E-state index in [0.717, 1.165) is 32.2 Å². The third kappa shape index (κ3) is 4.46. The number of halogens is 3. The standard InChI is InChI=1S/C21H21F3N6O4/c1-25-20(33)12-8-26-15(29-19(32)10-3-4-10)7-13(12)28-14-9-27-30-6-5-11(17(34-2)16(14)30)18(31)21(22,23)24/h5-10,18,31H,3-4H2,1-2H3,(H,25,33)(H2,26,28,29,32)/t18-/m1/s1/i1D3. The van der Waals surface area contributed by atoms with Gasteiger partial charge in [0.25, 0.3) is 5.91 Å². The number of ether oxygens (including phenoxy) is 1. The lowest BCUT2D eigenvalue weighted by atomic mass is 10.1. The molecule has 1 aliphatic carbocycles. The van der Waals surface area contributed by atoms with Crippen LogP contribution in [-0.2, 0) is 4.79 Å². The lowest BCUT2D eigenvalue weighted by Gasteiger charge is -2.19. The van der Waals surface area contributed by atoms with E-state index in [4.69, 9.17) is 8.85 Å². The number of fused-ring (bicyclic) bond motifs is 1. The number of amides is 2. The first-order valence-electron chi connectivity index (χ1n) is 11.5. The van der Waals surface area contributed by atoms with Crippen molar-refractivity contribution in [1.82, 2.24) is 19.9 Å². The molecule has 0 aliphatic heterocycles. The third-order valence-corrected chi connectivity index (χ3v) is 5.21. The predicted molar refractivity (Wildman–Crippen MR) is 115 cm³/mol. The van der Waals surface area contributed by atoms with Crippen LogP contribution in [0.3, 0.4) is 0 Å². The normalized spacial score (nSPS) is 16.2. The second kappa shape index (κ2) is 8.82. The van der Waals surface area contributed by atoms with Gasteiger partial charge in [0.05, 0.1) is 30.2 Å². The molecule has 34 heavy (non-hydrogen) atoms. The van der Waals surface area contributed by atoms with Gasteiger partial charge < -0.3 is 25.8 Å². The second-order valence-corrected chi connectivity index (χ2v) is 7.56. The Bertz CT molecular complexity index is 1360. The molecule has 2 amide bonds. The molecule has 0 unspecified atom stereocenters. The lowest BCUT2D eigenvalue weighted by molar-refractivity contribution is -0.207. The summed E-state index contributed by atoms with van der Waals surface area (Å²) in [5.74, 6) is -1.73. The van der Waals surface area contributed by atoms with E-state index in [-0.39, 0.29) is 45.8 Å². The molecule has 0 radical (unpaired) electrons. The first kappa shape index (κ1) is 19.6. The number of hydrogen-bond donors (Lipinski definition) is 4. The second-order valence-electron chi connectivity index (χ2n) is 7.56. The Balaban J connectivity index is 1.78. The fourth-order valence-electron chi connectivity index (χ4n) is 3.36. The van der Waals surface area contributed by atoms with E-state index in [2.05, 4.69) is 20.7 Å². The molecule has 1 aliphatic rings. The van der Waals surface area contributed by atoms with Crippen molar-refractivity contribution in [2.24, 2.45) is 5.92 Å². The summed E-state index contributed by atoms with van der Waals surface area (Å²) in [6.45, 7) is -2.82. The van der Waals surface area contributed by atoms with Crippen LogP contribution in [0.25, 0.3) is 5.52 Å². The topological polar surface area (TPSA) is 130 Å². The Morgan fingerprint density at radius 2 is 2.09 bits per heavy atom. The number of alkyl halides is 3. The summed E-state index contributed by atoms with van der Waals surface area (Å²) in [6.07, 6.45) is -2.90. The van der Waals surface area contributed by atoms with E-state index in [9.17, 15) is 27.9 Å². The van der Waals surface area contributed by atoms with Gasteiger partial charge >= 0.3 is 6.18 Å². The Kier molecular flexibility index (Phi) is 5.08. The summed E-state index contributed by atoms with van der Waals surface area (Å²) < 4.78 is 68.0. The zero-order valence-electron chi connectivity index (χ0n) is 20.6. The fraction of sp³-hybridized carbons (Fsp3) is 0.333. The van der Waals surface area contributed by atoms with Gasteiger partial charge in [-0.25, -0.2) is 9.50 Å². The average Bonchev–Trinajstić information content (AvgIpc) is 3.58. The highest BCUT2D eigenvalue weighted by Crippen LogP contribution is 2.41. The summed E-state index contributed by atoms with van der Waals surface area (Å²) in [6, 6.07) is 2.28. The van der Waals surface area contributed by atoms with Gasteiger partial charge in [-0.3, -0.25) is 9.59 Å². The molecular formula is C21H21F3N6O4. The molecule has 3 aromatic rings. The zero-order valence-corrected chi connectivity index (χ0v) is 17.6. The van der Waals surface area contributed by atoms with Crippen LogP contribution in [0.2, 0.25) is 0 Å². The smallest absolute Gasteiger partial charge is 0.418 e. The first-order chi connectivity index (χ1) is 17.3. The third-order valence-electron chi connectivity index (χ3n) is 5.21. The number of anilines is 3. The number of pyridine rings is 2. The summed E-state index contributed by atoms with van der Waals surface area (Å²) in [4.78, 5) is 28.8. The highest BCUT2D eigenvalue weighted by atomic mass is 19.4. The van der Waals surface area contributed by atoms with Crippen LogP contribution in [-0.4, -0.2) is 51.8 Å². The Hall–Kier alpha value is -3.87. The van der Waals surface area contributed by atoms with Crippen molar-refractivity contribution in [1.29, 1.82) is 0 Å². The molecule has 1 fully saturated rings. The van der Waals surface area contributed by atoms with E-state index in [1.54, 1.807) is 0 Å². The molecule has 4 N–H and O–H groups in total. The molecule has 180 valence electrons. The molecule has 13 heteroatoms. The molecule has 0 saturated heterocycles. The number of rotatable bonds is 7. The van der Waals surface area contributed by atoms with Crippen molar-refractivity contribution in [3.63, 3.8) is 0 Å². The number of carbonyl (C=O) groups excluding carboxylic acids is 2. The molecule has 3 aromatic heterocycles. The van der Waals surface area contributed by atoms with E-state index in [0.29, 0.717) is 0 Å². The molecule has 1 saturated carbocycles. The van der Waals surface area contributed by atoms with Crippen molar-refractivity contribution < 1.29 is 36.7 Å². The molecule has 1 atom stereocenters. The number of methoxy groups -OCH3 is 1. The van der Waals surface area contributed by atoms with Crippen molar-refractivity contribution in [2.45, 2.75) is 25.1 Å². The molecule has 0 aromatic carbocycles. The minimum atomic E-state index is -4.97. The highest BCUT2D eigenvalue weighted by Gasteiger charge is 2.41. The van der Waals surface area contributed by atoms with Gasteiger partial charge in [-0.15, -0.1) is 0 Å². The van der Waals surface area contributed by atoms with Crippen LogP contribution in [0.15, 0.2) is 30.7 Å². The van der Waals surface area contributed by atoms with Crippen molar-refractivity contribution in [3.05, 3.63) is 41.9 Å². The van der Waals surface area contributed by atoms with Gasteiger partial charge in [0, 0.05) is 41.0 Å². The maximum Gasteiger partial charge on any atom is 0.418 e. The molecule has 3 heterocycles. The molecule has 0 spiro atoms. The molecule has 10 nitrogen and oxygen atoms in total. The molecular weight excluding hydrogens is 457 g/mol. The number of nitrogens with zero attached hydrogens (tertiary/aromatic N) is 3. The summed E-state index contributed by atoms with van der Waals surface area (Å²) in [5.41, 5.74) is -0.780. The van der Waals surface area contributed by atoms with Crippen LogP contribution in [0, 0.1) is 5.92 Å². The molecule has 4 rings (SSSR count). The number of aliphatic hydroxyl groups excluding tert-OH is 1. The predicted octanol–water partition coefficient (Wildman–Crippen LogP) is 2.79. The number of carbonyl (C=O) groups is 2. The maximum atomic E-state index is 13.2. The number of nitrogens with one attached hydrogen (secondary N) is 3. The lowest BCUT2D eigenvalue weighted by Crippen LogP contribution is -2.21. The monoisotopic (exact) mass is 481 g/mol. The first-order valence-corrected chi connectivity index (χ1v) is 9.98. The molecule has 0 bridgehead atoms. The Labute approximate surface area is 195 Å². The Morgan fingerprint density at radius 1 is 1.32 bits per heavy atom. The average molecular weight is 481 g/mol. The number of hydrogen-bond acceptors (Lipinski definition) is 7. The highest BCUT2D eigenvalue weighted by molar-refractivity contribution is 6.02. The van der Waals surface area contributed by atoms with Gasteiger partial charge in [0.2, 0.25) is 5.91 Å². The quantitative estimate of drug-likeness (QED) is 0.408. The van der Waals surface area contributed by atoms with Crippen molar-refractivity contribution in [2.75, 3.05) is 24.7 Å². The minimum Gasteiger partial charge on any atom is -0.494 e. The van der Waals surface area contributed by atoms with Gasteiger partial charge in [0.1, 0.15) is 11.3 Å². The maximum absolute atomic E-state index is 13.2. The van der Waals surface area contributed by atoms with Gasteiger partial charge in [0.15, 0.2) is 11.9 Å². The van der Waals surface area contributed by atoms with Gasteiger partial charge in [-0.05, 0) is 18.9 Å². The van der Waals surface area contributed by atoms with Crippen LogP contribution < -0.4 is 20.7 Å². The number of aliphatic hydroxyl groups is 1. The largest absolute Gasteiger partial charge is 0.494 e. The van der Waals surface area contributed by atoms with E-state index < -0.39 is 30.7 Å². The van der Waals surface area contributed by atoms with Crippen molar-refractivity contribution in [3.8, 4) is 5.75 Å². The van der Waals surface area contributed by atoms with Crippen LogP contribution in [0.4, 0.5) is 30.4 Å². The summed E-state index contributed by atoms with van der Waals surface area (Å²) in [7, 11) is 1.12. The van der Waals surface area contributed by atoms with E-state index in [1.807, 2.05) is 5.32 Å². The van der Waals surface area contributed by atoms with E-state index in [1.165, 1.54) is 23.0 Å². The van der Waals surface area contributed by atoms with Crippen LogP contribution in [0.1, 0.15) is 39.0 Å². The number of aromatic nitrogens is 3. The summed E-state index contributed by atoms with van der Waals surface area (Å²) >= 11 is 0. The van der Waals surface area contributed by atoms with Crippen molar-refractivity contribution >= 4 is 34.5 Å². The summed E-state index contributed by atoms with van der Waals surface area (Å²) in [5, 5.41) is 21.2. The van der Waals surface area contributed by atoms with Crippen LogP contribution >= 0.6 is 0 Å². The zero-order chi connectivity index (χ0) is 27.1. The van der Waals surface area contributed by atoms with Gasteiger partial charge in [-0.2, -0.15) is 18.3 Å². The SMILES string of the molecule is [2H]C([2H])([2H])NC(=O)c1cnc(NC(=O)C2CC2)cc1Nc1cnn2ccc([C@@H](O)C(F)(F)F)c(OC)c12. The van der Waals surface area contributed by atoms with Crippen LogP contribution in [0.5, 0.6) is 5.75 Å². The Morgan fingerprint density at radius 3 is 2.74 bits per heavy atom. The minimum absolute atomic E-state index is 0.00847. The fourth-order valence-corrected chi connectivity index (χ4v) is 3.36. The van der Waals surface area contributed by atoms with E-state index >= 15 is 0 Å².